The van der Waals surface area contributed by atoms with Gasteiger partial charge in [-0.15, -0.1) is 0 Å². The van der Waals surface area contributed by atoms with Gasteiger partial charge in [-0.05, 0) is 24.6 Å². The number of likely N-dealkylation sites (tertiary alicyclic amines) is 1. The molecule has 2 N–H and O–H groups in total. The third-order valence-electron chi connectivity index (χ3n) is 3.80. The molecular weight excluding hydrogens is 313 g/mol. The van der Waals surface area contributed by atoms with Gasteiger partial charge < -0.3 is 10.4 Å². The Bertz CT molecular complexity index is 604. The second kappa shape index (κ2) is 6.57. The summed E-state index contributed by atoms with van der Waals surface area (Å²) in [5.74, 6) is -5.45. The molecule has 1 saturated heterocycles. The van der Waals surface area contributed by atoms with Crippen molar-refractivity contribution in [2.45, 2.75) is 13.1 Å². The number of amides is 1. The molecule has 1 aromatic carbocycles. The molecule has 0 saturated carbocycles. The number of benzene rings is 1. The van der Waals surface area contributed by atoms with E-state index in [9.17, 15) is 22.8 Å². The number of anilines is 1. The molecule has 1 aliphatic rings. The normalized spacial score (nSPS) is 22.1. The SMILES string of the molecule is Cc1cccc(NC(=O)CN2C[C@@H](C(F)(F)F)[C@H](C(=O)O)C2)c1. The van der Waals surface area contributed by atoms with Crippen LogP contribution in [0.5, 0.6) is 0 Å². The van der Waals surface area contributed by atoms with Crippen LogP contribution in [-0.4, -0.2) is 47.7 Å². The van der Waals surface area contributed by atoms with Crippen molar-refractivity contribution in [1.82, 2.24) is 4.90 Å². The summed E-state index contributed by atoms with van der Waals surface area (Å²) in [4.78, 5) is 24.1. The molecule has 2 atom stereocenters. The van der Waals surface area contributed by atoms with E-state index in [-0.39, 0.29) is 13.1 Å². The Morgan fingerprint density at radius 2 is 2.04 bits per heavy atom. The molecule has 0 unspecified atom stereocenters. The van der Waals surface area contributed by atoms with E-state index in [0.29, 0.717) is 5.69 Å². The zero-order valence-electron chi connectivity index (χ0n) is 12.4. The quantitative estimate of drug-likeness (QED) is 0.887. The first-order valence-electron chi connectivity index (χ1n) is 7.05. The third-order valence-corrected chi connectivity index (χ3v) is 3.80. The molecule has 23 heavy (non-hydrogen) atoms. The van der Waals surface area contributed by atoms with Gasteiger partial charge in [-0.2, -0.15) is 13.2 Å². The van der Waals surface area contributed by atoms with Gasteiger partial charge in [0.05, 0.1) is 18.4 Å². The Hall–Kier alpha value is -2.09. The molecule has 1 heterocycles. The van der Waals surface area contributed by atoms with E-state index in [0.717, 1.165) is 5.56 Å². The Morgan fingerprint density at radius 3 is 2.57 bits per heavy atom. The van der Waals surface area contributed by atoms with Gasteiger partial charge in [-0.1, -0.05) is 12.1 Å². The van der Waals surface area contributed by atoms with Gasteiger partial charge in [0.15, 0.2) is 0 Å². The largest absolute Gasteiger partial charge is 0.481 e. The van der Waals surface area contributed by atoms with Gasteiger partial charge in [-0.25, -0.2) is 0 Å². The summed E-state index contributed by atoms with van der Waals surface area (Å²) in [6.45, 7) is 0.800. The van der Waals surface area contributed by atoms with Gasteiger partial charge in [0.1, 0.15) is 0 Å². The lowest BCUT2D eigenvalue weighted by Gasteiger charge is -2.18. The van der Waals surface area contributed by atoms with Crippen molar-refractivity contribution in [2.75, 3.05) is 25.0 Å². The fourth-order valence-corrected chi connectivity index (χ4v) is 2.72. The smallest absolute Gasteiger partial charge is 0.393 e. The van der Waals surface area contributed by atoms with Gasteiger partial charge in [0.2, 0.25) is 5.91 Å². The summed E-state index contributed by atoms with van der Waals surface area (Å²) in [7, 11) is 0. The van der Waals surface area contributed by atoms with Crippen molar-refractivity contribution < 1.29 is 27.9 Å². The van der Waals surface area contributed by atoms with Crippen molar-refractivity contribution >= 4 is 17.6 Å². The molecule has 5 nitrogen and oxygen atoms in total. The summed E-state index contributed by atoms with van der Waals surface area (Å²) >= 11 is 0. The Labute approximate surface area is 131 Å². The van der Waals surface area contributed by atoms with Crippen LogP contribution in [0.2, 0.25) is 0 Å². The number of hydrogen-bond donors (Lipinski definition) is 2. The first kappa shape index (κ1) is 17.3. The first-order chi connectivity index (χ1) is 10.7. The highest BCUT2D eigenvalue weighted by Gasteiger charge is 2.52. The van der Waals surface area contributed by atoms with Gasteiger partial charge in [0.25, 0.3) is 0 Å². The van der Waals surface area contributed by atoms with Crippen molar-refractivity contribution in [3.63, 3.8) is 0 Å². The summed E-state index contributed by atoms with van der Waals surface area (Å²) in [5, 5.41) is 11.5. The van der Waals surface area contributed by atoms with Crippen LogP contribution in [0, 0.1) is 18.8 Å². The summed E-state index contributed by atoms with van der Waals surface area (Å²) in [6.07, 6.45) is -4.59. The Balaban J connectivity index is 1.98. The number of carboxylic acids is 1. The molecule has 126 valence electrons. The number of alkyl halides is 3. The molecule has 8 heteroatoms. The minimum Gasteiger partial charge on any atom is -0.481 e. The van der Waals surface area contributed by atoms with Crippen LogP contribution < -0.4 is 5.32 Å². The number of carboxylic acid groups (broad SMARTS) is 1. The van der Waals surface area contributed by atoms with Crippen LogP contribution in [0.3, 0.4) is 0 Å². The number of nitrogens with one attached hydrogen (secondary N) is 1. The molecule has 1 aromatic rings. The number of halogens is 3. The zero-order valence-corrected chi connectivity index (χ0v) is 12.4. The van der Waals surface area contributed by atoms with Gasteiger partial charge >= 0.3 is 12.1 Å². The van der Waals surface area contributed by atoms with Crippen LogP contribution in [0.1, 0.15) is 5.56 Å². The average Bonchev–Trinajstić information content (AvgIpc) is 2.82. The van der Waals surface area contributed by atoms with E-state index in [1.807, 2.05) is 13.0 Å². The molecule has 0 spiro atoms. The standard InChI is InChI=1S/C15H17F3N2O3/c1-9-3-2-4-10(5-9)19-13(21)8-20-6-11(14(22)23)12(7-20)15(16,17)18/h2-5,11-12H,6-8H2,1H3,(H,19,21)(H,22,23)/t11-,12-/m1/s1. The topological polar surface area (TPSA) is 69.6 Å². The predicted octanol–water partition coefficient (Wildman–Crippen LogP) is 2.13. The molecule has 0 aliphatic carbocycles. The minimum atomic E-state index is -4.59. The first-order valence-corrected chi connectivity index (χ1v) is 7.05. The van der Waals surface area contributed by atoms with E-state index in [1.54, 1.807) is 18.2 Å². The van der Waals surface area contributed by atoms with Crippen LogP contribution in [0.15, 0.2) is 24.3 Å². The number of rotatable bonds is 4. The lowest BCUT2D eigenvalue weighted by molar-refractivity contribution is -0.188. The highest BCUT2D eigenvalue weighted by Crippen LogP contribution is 2.37. The summed E-state index contributed by atoms with van der Waals surface area (Å²) < 4.78 is 38.6. The summed E-state index contributed by atoms with van der Waals surface area (Å²) in [6, 6.07) is 7.01. The van der Waals surface area contributed by atoms with Crippen LogP contribution in [0.25, 0.3) is 0 Å². The maximum atomic E-state index is 12.9. The second-order valence-corrected chi connectivity index (χ2v) is 5.70. The predicted molar refractivity (Wildman–Crippen MR) is 76.9 cm³/mol. The molecule has 1 fully saturated rings. The van der Waals surface area contributed by atoms with Crippen molar-refractivity contribution in [1.29, 1.82) is 0 Å². The van der Waals surface area contributed by atoms with Gasteiger partial charge in [-0.3, -0.25) is 14.5 Å². The minimum absolute atomic E-state index is 0.274. The highest BCUT2D eigenvalue weighted by molar-refractivity contribution is 5.92. The monoisotopic (exact) mass is 330 g/mol. The zero-order chi connectivity index (χ0) is 17.2. The fraction of sp³-hybridized carbons (Fsp3) is 0.467. The molecule has 2 rings (SSSR count). The molecule has 0 aromatic heterocycles. The molecule has 1 amide bonds. The number of aliphatic carboxylic acids is 1. The molecule has 0 radical (unpaired) electrons. The number of carbonyl (C=O) groups is 2. The van der Waals surface area contributed by atoms with Crippen molar-refractivity contribution in [3.05, 3.63) is 29.8 Å². The van der Waals surface area contributed by atoms with E-state index in [2.05, 4.69) is 5.32 Å². The maximum Gasteiger partial charge on any atom is 0.393 e. The number of aryl methyl sites for hydroxylation is 1. The van der Waals surface area contributed by atoms with E-state index in [1.165, 1.54) is 4.90 Å². The van der Waals surface area contributed by atoms with E-state index in [4.69, 9.17) is 5.11 Å². The van der Waals surface area contributed by atoms with Crippen LogP contribution in [-0.2, 0) is 9.59 Å². The third kappa shape index (κ3) is 4.44. The molecular formula is C15H17F3N2O3. The maximum absolute atomic E-state index is 12.9. The number of hydrogen-bond acceptors (Lipinski definition) is 3. The Morgan fingerprint density at radius 1 is 1.35 bits per heavy atom. The average molecular weight is 330 g/mol. The lowest BCUT2D eigenvalue weighted by Crippen LogP contribution is -2.34. The Kier molecular flexibility index (Phi) is 4.93. The highest BCUT2D eigenvalue weighted by atomic mass is 19.4. The summed E-state index contributed by atoms with van der Waals surface area (Å²) in [5.41, 5.74) is 1.49. The second-order valence-electron chi connectivity index (χ2n) is 5.70. The number of carbonyl (C=O) groups excluding carboxylic acids is 1. The molecule has 0 bridgehead atoms. The number of nitrogens with zero attached hydrogens (tertiary/aromatic N) is 1. The fourth-order valence-electron chi connectivity index (χ4n) is 2.72. The molecule has 1 aliphatic heterocycles. The van der Waals surface area contributed by atoms with Crippen LogP contribution in [0.4, 0.5) is 18.9 Å². The van der Waals surface area contributed by atoms with Gasteiger partial charge in [0, 0.05) is 18.8 Å². The van der Waals surface area contributed by atoms with Crippen molar-refractivity contribution in [3.8, 4) is 0 Å². The van der Waals surface area contributed by atoms with E-state index < -0.39 is 36.4 Å². The van der Waals surface area contributed by atoms with Crippen LogP contribution >= 0.6 is 0 Å². The lowest BCUT2D eigenvalue weighted by atomic mass is 9.96. The van der Waals surface area contributed by atoms with Crippen molar-refractivity contribution in [2.24, 2.45) is 11.8 Å². The van der Waals surface area contributed by atoms with E-state index >= 15 is 0 Å².